The number of phenols is 2. The van der Waals surface area contributed by atoms with Gasteiger partial charge in [0.05, 0.1) is 11.4 Å². The van der Waals surface area contributed by atoms with Crippen LogP contribution in [0.5, 0.6) is 11.5 Å². The third kappa shape index (κ3) is 3.12. The summed E-state index contributed by atoms with van der Waals surface area (Å²) in [5.41, 5.74) is 13.5. The summed E-state index contributed by atoms with van der Waals surface area (Å²) in [6.45, 7) is 0. The minimum absolute atomic E-state index is 0. The highest BCUT2D eigenvalue weighted by atomic mass is 35.5. The van der Waals surface area contributed by atoms with Crippen molar-refractivity contribution in [2.75, 3.05) is 11.5 Å². The number of hydrogen-bond donors (Lipinski definition) is 4. The van der Waals surface area contributed by atoms with Crippen molar-refractivity contribution in [2.45, 2.75) is 0 Å². The average Bonchev–Trinajstić information content (AvgIpc) is 2.26. The van der Waals surface area contributed by atoms with E-state index in [1.807, 2.05) is 0 Å². The van der Waals surface area contributed by atoms with E-state index in [1.54, 1.807) is 24.3 Å². The molecule has 0 amide bonds. The maximum absolute atomic E-state index is 9.30. The molecular weight excluding hydrogens is 275 g/mol. The molecule has 0 unspecified atom stereocenters. The first-order valence-electron chi connectivity index (χ1n) is 4.75. The van der Waals surface area contributed by atoms with E-state index in [0.29, 0.717) is 11.4 Å². The number of nitrogen functional groups attached to an aromatic ring is 2. The fourth-order valence-electron chi connectivity index (χ4n) is 1.47. The predicted octanol–water partition coefficient (Wildman–Crippen LogP) is 2.77. The number of rotatable bonds is 1. The van der Waals surface area contributed by atoms with Gasteiger partial charge in [0.1, 0.15) is 11.5 Å². The number of anilines is 2. The highest BCUT2D eigenvalue weighted by molar-refractivity contribution is 5.85. The van der Waals surface area contributed by atoms with Gasteiger partial charge in [0, 0.05) is 0 Å². The van der Waals surface area contributed by atoms with Crippen LogP contribution in [0.25, 0.3) is 11.1 Å². The van der Waals surface area contributed by atoms with Gasteiger partial charge in [-0.3, -0.25) is 0 Å². The first-order valence-corrected chi connectivity index (χ1v) is 4.75. The number of halogens is 2. The molecule has 0 saturated heterocycles. The quantitative estimate of drug-likeness (QED) is 0.480. The van der Waals surface area contributed by atoms with Crippen molar-refractivity contribution in [3.8, 4) is 22.6 Å². The van der Waals surface area contributed by atoms with E-state index in [4.69, 9.17) is 11.5 Å². The first kappa shape index (κ1) is 16.2. The van der Waals surface area contributed by atoms with Gasteiger partial charge in [0.15, 0.2) is 0 Å². The monoisotopic (exact) mass is 288 g/mol. The molecule has 0 aliphatic rings. The summed E-state index contributed by atoms with van der Waals surface area (Å²) in [5, 5.41) is 18.6. The van der Waals surface area contributed by atoms with Gasteiger partial charge in [-0.1, -0.05) is 12.1 Å². The van der Waals surface area contributed by atoms with Crippen molar-refractivity contribution < 1.29 is 10.2 Å². The third-order valence-electron chi connectivity index (χ3n) is 2.39. The van der Waals surface area contributed by atoms with Gasteiger partial charge in [-0.05, 0) is 35.4 Å². The fourth-order valence-corrected chi connectivity index (χ4v) is 1.47. The summed E-state index contributed by atoms with van der Waals surface area (Å²) in [5.74, 6) is 0.103. The van der Waals surface area contributed by atoms with Crippen LogP contribution in [0.15, 0.2) is 36.4 Å². The number of hydrogen-bond acceptors (Lipinski definition) is 4. The van der Waals surface area contributed by atoms with Crippen LogP contribution in [0.3, 0.4) is 0 Å². The molecular formula is C12H14Cl2N2O2. The van der Waals surface area contributed by atoms with E-state index >= 15 is 0 Å². The zero-order chi connectivity index (χ0) is 11.7. The number of benzene rings is 2. The van der Waals surface area contributed by atoms with Crippen molar-refractivity contribution >= 4 is 36.2 Å². The maximum atomic E-state index is 9.30. The Labute approximate surface area is 117 Å². The lowest BCUT2D eigenvalue weighted by atomic mass is 10.0. The molecule has 0 radical (unpaired) electrons. The summed E-state index contributed by atoms with van der Waals surface area (Å²) in [4.78, 5) is 0. The molecule has 0 heterocycles. The lowest BCUT2D eigenvalue weighted by Gasteiger charge is -2.06. The Hall–Kier alpha value is -1.78. The van der Waals surface area contributed by atoms with Crippen molar-refractivity contribution in [3.05, 3.63) is 36.4 Å². The third-order valence-corrected chi connectivity index (χ3v) is 2.39. The van der Waals surface area contributed by atoms with E-state index in [-0.39, 0.29) is 36.3 Å². The molecule has 6 N–H and O–H groups in total. The van der Waals surface area contributed by atoms with Crippen molar-refractivity contribution in [1.29, 1.82) is 0 Å². The molecule has 4 nitrogen and oxygen atoms in total. The van der Waals surface area contributed by atoms with Gasteiger partial charge in [0.25, 0.3) is 0 Å². The zero-order valence-corrected chi connectivity index (χ0v) is 11.0. The standard InChI is InChI=1S/C12H12N2O2.2ClH/c13-9-5-7(1-3-11(9)15)8-2-4-12(16)10(14)6-8;;/h1-6,15-16H,13-14H2;2*1H. The van der Waals surface area contributed by atoms with E-state index in [9.17, 15) is 10.2 Å². The minimum Gasteiger partial charge on any atom is -0.506 e. The molecule has 0 fully saturated rings. The molecule has 0 atom stereocenters. The molecule has 0 bridgehead atoms. The normalized spacial score (nSPS) is 9.11. The van der Waals surface area contributed by atoms with Crippen LogP contribution in [-0.4, -0.2) is 10.2 Å². The second kappa shape index (κ2) is 6.23. The zero-order valence-electron chi connectivity index (χ0n) is 9.33. The summed E-state index contributed by atoms with van der Waals surface area (Å²) < 4.78 is 0. The van der Waals surface area contributed by atoms with Gasteiger partial charge in [-0.25, -0.2) is 0 Å². The Balaban J connectivity index is 0.00000144. The van der Waals surface area contributed by atoms with Crippen molar-refractivity contribution in [3.63, 3.8) is 0 Å². The Morgan fingerprint density at radius 3 is 1.28 bits per heavy atom. The van der Waals surface area contributed by atoms with Crippen LogP contribution in [-0.2, 0) is 0 Å². The van der Waals surface area contributed by atoms with Gasteiger partial charge < -0.3 is 21.7 Å². The maximum Gasteiger partial charge on any atom is 0.138 e. The number of nitrogens with two attached hydrogens (primary N) is 2. The van der Waals surface area contributed by atoms with E-state index in [1.165, 1.54) is 12.1 Å². The molecule has 0 aromatic heterocycles. The molecule has 18 heavy (non-hydrogen) atoms. The van der Waals surface area contributed by atoms with Crippen LogP contribution in [0.2, 0.25) is 0 Å². The topological polar surface area (TPSA) is 92.5 Å². The largest absolute Gasteiger partial charge is 0.506 e. The predicted molar refractivity (Wildman–Crippen MR) is 78.5 cm³/mol. The molecule has 2 rings (SSSR count). The second-order valence-corrected chi connectivity index (χ2v) is 3.55. The van der Waals surface area contributed by atoms with E-state index in [0.717, 1.165) is 11.1 Å². The van der Waals surface area contributed by atoms with Crippen LogP contribution in [0.1, 0.15) is 0 Å². The molecule has 0 saturated carbocycles. The number of aromatic hydroxyl groups is 2. The van der Waals surface area contributed by atoms with Crippen LogP contribution in [0, 0.1) is 0 Å². The second-order valence-electron chi connectivity index (χ2n) is 3.55. The van der Waals surface area contributed by atoms with Crippen molar-refractivity contribution in [2.24, 2.45) is 0 Å². The highest BCUT2D eigenvalue weighted by Crippen LogP contribution is 2.31. The smallest absolute Gasteiger partial charge is 0.138 e. The molecule has 6 heteroatoms. The van der Waals surface area contributed by atoms with Gasteiger partial charge in [-0.2, -0.15) is 0 Å². The number of phenolic OH excluding ortho intramolecular Hbond substituents is 2. The van der Waals surface area contributed by atoms with Gasteiger partial charge in [-0.15, -0.1) is 24.8 Å². The summed E-state index contributed by atoms with van der Waals surface area (Å²) in [6, 6.07) is 9.82. The molecule has 0 spiro atoms. The molecule has 2 aromatic carbocycles. The van der Waals surface area contributed by atoms with Crippen LogP contribution in [0.4, 0.5) is 11.4 Å². The highest BCUT2D eigenvalue weighted by Gasteiger charge is 2.04. The Bertz CT molecular complexity index is 498. The summed E-state index contributed by atoms with van der Waals surface area (Å²) in [7, 11) is 0. The first-order chi connectivity index (χ1) is 7.58. The Morgan fingerprint density at radius 1 is 0.667 bits per heavy atom. The SMILES string of the molecule is Cl.Cl.Nc1cc(-c2ccc(O)c(N)c2)ccc1O. The van der Waals surface area contributed by atoms with Crippen LogP contribution < -0.4 is 11.5 Å². The average molecular weight is 289 g/mol. The lowest BCUT2D eigenvalue weighted by molar-refractivity contribution is 0.477. The van der Waals surface area contributed by atoms with Gasteiger partial charge in [0.2, 0.25) is 0 Å². The molecule has 0 aliphatic carbocycles. The van der Waals surface area contributed by atoms with Crippen LogP contribution >= 0.6 is 24.8 Å². The Kier molecular flexibility index (Phi) is 5.62. The Morgan fingerprint density at radius 2 is 1.00 bits per heavy atom. The van der Waals surface area contributed by atoms with Gasteiger partial charge >= 0.3 is 0 Å². The minimum atomic E-state index is 0. The molecule has 98 valence electrons. The summed E-state index contributed by atoms with van der Waals surface area (Å²) in [6.07, 6.45) is 0. The van der Waals surface area contributed by atoms with E-state index in [2.05, 4.69) is 0 Å². The van der Waals surface area contributed by atoms with E-state index < -0.39 is 0 Å². The summed E-state index contributed by atoms with van der Waals surface area (Å²) >= 11 is 0. The molecule has 2 aromatic rings. The molecule has 0 aliphatic heterocycles. The fraction of sp³-hybridized carbons (Fsp3) is 0. The van der Waals surface area contributed by atoms with Crippen molar-refractivity contribution in [1.82, 2.24) is 0 Å². The lowest BCUT2D eigenvalue weighted by Crippen LogP contribution is -1.89.